The van der Waals surface area contributed by atoms with Gasteiger partial charge in [0.25, 0.3) is 0 Å². The number of carbonyl (C=O) groups excluding carboxylic acids is 1. The highest BCUT2D eigenvalue weighted by Gasteiger charge is 2.14. The number of hydrogen-bond donors (Lipinski definition) is 0. The van der Waals surface area contributed by atoms with E-state index in [1.807, 2.05) is 0 Å². The summed E-state index contributed by atoms with van der Waals surface area (Å²) in [6.45, 7) is 2.95. The first kappa shape index (κ1) is 16.2. The highest BCUT2D eigenvalue weighted by molar-refractivity contribution is 5.98. The average Bonchev–Trinajstić information content (AvgIpc) is 2.51. The second-order valence-corrected chi connectivity index (χ2v) is 4.73. The Kier molecular flexibility index (Phi) is 5.72. The Morgan fingerprint density at radius 1 is 1.23 bits per heavy atom. The summed E-state index contributed by atoms with van der Waals surface area (Å²) in [6, 6.07) is 7.84. The van der Waals surface area contributed by atoms with E-state index < -0.39 is 5.97 Å². The Balaban J connectivity index is 2.38. The number of ether oxygens (including phenoxy) is 3. The predicted octanol–water partition coefficient (Wildman–Crippen LogP) is 3.57. The molecule has 4 nitrogen and oxygen atoms in total. The van der Waals surface area contributed by atoms with E-state index in [1.54, 1.807) is 32.2 Å². The van der Waals surface area contributed by atoms with Crippen LogP contribution in [0.15, 0.2) is 30.3 Å². The molecule has 0 saturated heterocycles. The molecule has 0 saturated carbocycles. The molecule has 2 aromatic carbocycles. The van der Waals surface area contributed by atoms with E-state index in [1.165, 1.54) is 12.1 Å². The van der Waals surface area contributed by atoms with Crippen molar-refractivity contribution >= 4 is 16.7 Å². The van der Waals surface area contributed by atoms with E-state index >= 15 is 0 Å². The molecule has 0 aromatic heterocycles. The first-order valence-electron chi connectivity index (χ1n) is 7.18. The molecule has 118 valence electrons. The van der Waals surface area contributed by atoms with Gasteiger partial charge in [-0.2, -0.15) is 0 Å². The third-order valence-corrected chi connectivity index (χ3v) is 3.15. The van der Waals surface area contributed by atoms with Crippen molar-refractivity contribution in [3.05, 3.63) is 41.7 Å². The molecule has 0 atom stereocenters. The topological polar surface area (TPSA) is 44.8 Å². The van der Waals surface area contributed by atoms with Crippen molar-refractivity contribution in [3.63, 3.8) is 0 Å². The van der Waals surface area contributed by atoms with Gasteiger partial charge in [-0.15, -0.1) is 0 Å². The lowest BCUT2D eigenvalue weighted by Gasteiger charge is -2.12. The minimum atomic E-state index is -0.449. The van der Waals surface area contributed by atoms with Crippen LogP contribution >= 0.6 is 0 Å². The SMILES string of the molecule is CCOC(=O)c1cc(OCCCOC)c2c(F)cccc2c1. The van der Waals surface area contributed by atoms with Gasteiger partial charge in [0.2, 0.25) is 0 Å². The zero-order valence-corrected chi connectivity index (χ0v) is 12.7. The predicted molar refractivity (Wildman–Crippen MR) is 81.9 cm³/mol. The van der Waals surface area contributed by atoms with Gasteiger partial charge in [-0.3, -0.25) is 0 Å². The van der Waals surface area contributed by atoms with E-state index in [-0.39, 0.29) is 12.4 Å². The second-order valence-electron chi connectivity index (χ2n) is 4.73. The summed E-state index contributed by atoms with van der Waals surface area (Å²) in [5, 5.41) is 0.972. The van der Waals surface area contributed by atoms with Crippen molar-refractivity contribution < 1.29 is 23.4 Å². The van der Waals surface area contributed by atoms with Gasteiger partial charge in [-0.05, 0) is 30.5 Å². The fraction of sp³-hybridized carbons (Fsp3) is 0.353. The van der Waals surface area contributed by atoms with E-state index in [4.69, 9.17) is 14.2 Å². The molecule has 0 bridgehead atoms. The van der Waals surface area contributed by atoms with Gasteiger partial charge in [-0.25, -0.2) is 9.18 Å². The van der Waals surface area contributed by atoms with Gasteiger partial charge in [0.15, 0.2) is 0 Å². The number of hydrogen-bond acceptors (Lipinski definition) is 4. The van der Waals surface area contributed by atoms with Crippen molar-refractivity contribution in [1.29, 1.82) is 0 Å². The van der Waals surface area contributed by atoms with Gasteiger partial charge >= 0.3 is 5.97 Å². The van der Waals surface area contributed by atoms with E-state index in [9.17, 15) is 9.18 Å². The minimum absolute atomic E-state index is 0.282. The monoisotopic (exact) mass is 306 g/mol. The van der Waals surface area contributed by atoms with Crippen LogP contribution in [0, 0.1) is 5.82 Å². The standard InChI is InChI=1S/C17H19FO4/c1-3-21-17(19)13-10-12-6-4-7-14(18)16(12)15(11-13)22-9-5-8-20-2/h4,6-7,10-11H,3,5,8-9H2,1-2H3. The Hall–Kier alpha value is -2.14. The number of methoxy groups -OCH3 is 1. The van der Waals surface area contributed by atoms with E-state index in [0.717, 1.165) is 0 Å². The summed E-state index contributed by atoms with van der Waals surface area (Å²) in [7, 11) is 1.61. The Bertz CT molecular complexity index is 654. The lowest BCUT2D eigenvalue weighted by Crippen LogP contribution is -2.07. The fourth-order valence-electron chi connectivity index (χ4n) is 2.18. The molecular weight excluding hydrogens is 287 g/mol. The Labute approximate surface area is 128 Å². The zero-order valence-electron chi connectivity index (χ0n) is 12.7. The second kappa shape index (κ2) is 7.75. The van der Waals surface area contributed by atoms with Crippen LogP contribution < -0.4 is 4.74 Å². The quantitative estimate of drug-likeness (QED) is 0.579. The third-order valence-electron chi connectivity index (χ3n) is 3.15. The van der Waals surface area contributed by atoms with Crippen molar-refractivity contribution in [2.75, 3.05) is 26.9 Å². The van der Waals surface area contributed by atoms with Crippen LogP contribution in [-0.4, -0.2) is 32.9 Å². The number of halogens is 1. The lowest BCUT2D eigenvalue weighted by molar-refractivity contribution is 0.0526. The van der Waals surface area contributed by atoms with Crippen LogP contribution in [0.4, 0.5) is 4.39 Å². The molecule has 22 heavy (non-hydrogen) atoms. The van der Waals surface area contributed by atoms with Crippen molar-refractivity contribution in [2.45, 2.75) is 13.3 Å². The van der Waals surface area contributed by atoms with Crippen LogP contribution in [0.3, 0.4) is 0 Å². The highest BCUT2D eigenvalue weighted by Crippen LogP contribution is 2.30. The average molecular weight is 306 g/mol. The molecule has 0 fully saturated rings. The number of esters is 1. The molecule has 0 amide bonds. The molecule has 5 heteroatoms. The summed E-state index contributed by atoms with van der Waals surface area (Å²) in [4.78, 5) is 11.9. The maximum atomic E-state index is 14.1. The van der Waals surface area contributed by atoms with Crippen LogP contribution in [0.1, 0.15) is 23.7 Å². The van der Waals surface area contributed by atoms with Gasteiger partial charge in [-0.1, -0.05) is 12.1 Å². The third kappa shape index (κ3) is 3.74. The lowest BCUT2D eigenvalue weighted by atomic mass is 10.1. The molecule has 2 aromatic rings. The smallest absolute Gasteiger partial charge is 0.338 e. The molecule has 0 aliphatic heterocycles. The van der Waals surface area contributed by atoms with Crippen molar-refractivity contribution in [1.82, 2.24) is 0 Å². The molecule has 0 radical (unpaired) electrons. The molecule has 0 aliphatic carbocycles. The summed E-state index contributed by atoms with van der Waals surface area (Å²) < 4.78 is 29.7. The molecule has 0 aliphatic rings. The molecule has 0 N–H and O–H groups in total. The summed E-state index contributed by atoms with van der Waals surface area (Å²) in [6.07, 6.45) is 0.677. The Morgan fingerprint density at radius 3 is 2.77 bits per heavy atom. The zero-order chi connectivity index (χ0) is 15.9. The summed E-state index contributed by atoms with van der Waals surface area (Å²) >= 11 is 0. The van der Waals surface area contributed by atoms with Crippen LogP contribution in [0.5, 0.6) is 5.75 Å². The van der Waals surface area contributed by atoms with Crippen LogP contribution in [-0.2, 0) is 9.47 Å². The Morgan fingerprint density at radius 2 is 2.05 bits per heavy atom. The van der Waals surface area contributed by atoms with Crippen molar-refractivity contribution in [3.8, 4) is 5.75 Å². The minimum Gasteiger partial charge on any atom is -0.493 e. The van der Waals surface area contributed by atoms with E-state index in [0.29, 0.717) is 41.7 Å². The first-order chi connectivity index (χ1) is 10.7. The van der Waals surface area contributed by atoms with Gasteiger partial charge in [0, 0.05) is 20.1 Å². The highest BCUT2D eigenvalue weighted by atomic mass is 19.1. The normalized spacial score (nSPS) is 10.7. The number of carbonyl (C=O) groups is 1. The van der Waals surface area contributed by atoms with Crippen molar-refractivity contribution in [2.24, 2.45) is 0 Å². The van der Waals surface area contributed by atoms with Gasteiger partial charge in [0.05, 0.1) is 24.2 Å². The molecule has 0 unspecified atom stereocenters. The molecule has 2 rings (SSSR count). The molecular formula is C17H19FO4. The van der Waals surface area contributed by atoms with Crippen LogP contribution in [0.25, 0.3) is 10.8 Å². The molecule has 0 heterocycles. The first-order valence-corrected chi connectivity index (χ1v) is 7.18. The maximum absolute atomic E-state index is 14.1. The number of benzene rings is 2. The largest absolute Gasteiger partial charge is 0.493 e. The summed E-state index contributed by atoms with van der Waals surface area (Å²) in [5.41, 5.74) is 0.349. The van der Waals surface area contributed by atoms with Gasteiger partial charge in [0.1, 0.15) is 11.6 Å². The summed E-state index contributed by atoms with van der Waals surface area (Å²) in [5.74, 6) is -0.486. The van der Waals surface area contributed by atoms with E-state index in [2.05, 4.69) is 0 Å². The fourth-order valence-corrected chi connectivity index (χ4v) is 2.18. The maximum Gasteiger partial charge on any atom is 0.338 e. The molecule has 0 spiro atoms. The van der Waals surface area contributed by atoms with Crippen LogP contribution in [0.2, 0.25) is 0 Å². The van der Waals surface area contributed by atoms with Gasteiger partial charge < -0.3 is 14.2 Å². The number of fused-ring (bicyclic) bond motifs is 1. The number of rotatable bonds is 7.